The fourth-order valence-corrected chi connectivity index (χ4v) is 2.26. The number of rotatable bonds is 2. The molecule has 1 saturated heterocycles. The Morgan fingerprint density at radius 3 is 2.79 bits per heavy atom. The van der Waals surface area contributed by atoms with Gasteiger partial charge in [-0.25, -0.2) is 9.98 Å². The van der Waals surface area contributed by atoms with Gasteiger partial charge in [-0.1, -0.05) is 0 Å². The molecule has 0 aliphatic carbocycles. The van der Waals surface area contributed by atoms with Gasteiger partial charge in [0.2, 0.25) is 0 Å². The number of nitrogens with one attached hydrogen (secondary N) is 1. The summed E-state index contributed by atoms with van der Waals surface area (Å²) in [6, 6.07) is 0. The monoisotopic (exact) mass is 270 g/mol. The lowest BCUT2D eigenvalue weighted by Gasteiger charge is -2.21. The number of nitrogens with zero attached hydrogens (tertiary/aromatic N) is 3. The van der Waals surface area contributed by atoms with Gasteiger partial charge in [0, 0.05) is 0 Å². The molecule has 9 heteroatoms. The minimum atomic E-state index is -1.20. The molecule has 19 heavy (non-hydrogen) atoms. The van der Waals surface area contributed by atoms with Crippen LogP contribution in [0.1, 0.15) is 18.1 Å². The van der Waals surface area contributed by atoms with Gasteiger partial charge >= 0.3 is 0 Å². The van der Waals surface area contributed by atoms with Crippen LogP contribution in [0.25, 0.3) is 0 Å². The highest BCUT2D eigenvalue weighted by atomic mass is 16.6. The zero-order valence-electron chi connectivity index (χ0n) is 9.79. The number of hydrogen-bond acceptors (Lipinski definition) is 8. The standard InChI is InChI=1S/C10H14N4O5/c15-1-4-6(16)7(17)10(19-4)14-3-13-5-8(14)11-2-12-9(5)18/h2-4,6-7,9-10,15-18H,1H2,(H,11,12)/t4-,6?,7?,9?,10-/m1/s1. The third-order valence-corrected chi connectivity index (χ3v) is 3.27. The molecule has 1 aromatic heterocycles. The van der Waals surface area contributed by atoms with Gasteiger partial charge in [0.25, 0.3) is 0 Å². The van der Waals surface area contributed by atoms with Gasteiger partial charge in [-0.15, -0.1) is 0 Å². The van der Waals surface area contributed by atoms with Crippen molar-refractivity contribution in [2.75, 3.05) is 11.9 Å². The molecule has 0 aromatic carbocycles. The number of fused-ring (bicyclic) bond motifs is 1. The van der Waals surface area contributed by atoms with Crippen molar-refractivity contribution >= 4 is 12.2 Å². The van der Waals surface area contributed by atoms with Gasteiger partial charge in [-0.3, -0.25) is 4.57 Å². The SMILES string of the molecule is OC[C@H]1O[C@@H](n2cnc3c2NC=NC3O)C(O)C1O. The van der Waals surface area contributed by atoms with Crippen LogP contribution in [-0.4, -0.2) is 61.2 Å². The summed E-state index contributed by atoms with van der Waals surface area (Å²) in [5, 5.41) is 41.1. The summed E-state index contributed by atoms with van der Waals surface area (Å²) in [4.78, 5) is 7.72. The zero-order chi connectivity index (χ0) is 13.6. The molecule has 0 bridgehead atoms. The molecule has 104 valence electrons. The summed E-state index contributed by atoms with van der Waals surface area (Å²) in [5.74, 6) is 0.428. The van der Waals surface area contributed by atoms with Gasteiger partial charge in [0.1, 0.15) is 29.8 Å². The second-order valence-electron chi connectivity index (χ2n) is 4.41. The van der Waals surface area contributed by atoms with Crippen molar-refractivity contribution in [2.45, 2.75) is 30.8 Å². The maximum atomic E-state index is 9.94. The van der Waals surface area contributed by atoms with Crippen molar-refractivity contribution in [1.82, 2.24) is 9.55 Å². The summed E-state index contributed by atoms with van der Waals surface area (Å²) in [6.07, 6.45) is -2.53. The van der Waals surface area contributed by atoms with Crippen LogP contribution in [0.3, 0.4) is 0 Å². The number of aliphatic hydroxyl groups excluding tert-OH is 4. The molecule has 0 saturated carbocycles. The molecule has 0 radical (unpaired) electrons. The van der Waals surface area contributed by atoms with Crippen LogP contribution in [0.5, 0.6) is 0 Å². The van der Waals surface area contributed by atoms with E-state index in [9.17, 15) is 15.3 Å². The Kier molecular flexibility index (Phi) is 2.99. The highest BCUT2D eigenvalue weighted by Gasteiger charge is 2.44. The molecule has 5 N–H and O–H groups in total. The van der Waals surface area contributed by atoms with Crippen LogP contribution in [0, 0.1) is 0 Å². The molecule has 2 aliphatic heterocycles. The normalized spacial score (nSPS) is 37.2. The fraction of sp³-hybridized carbons (Fsp3) is 0.600. The molecule has 0 spiro atoms. The van der Waals surface area contributed by atoms with Crippen LogP contribution < -0.4 is 5.32 Å². The Balaban J connectivity index is 1.92. The first kappa shape index (κ1) is 12.5. The van der Waals surface area contributed by atoms with Gasteiger partial charge in [0.05, 0.1) is 19.3 Å². The highest BCUT2D eigenvalue weighted by molar-refractivity contribution is 5.77. The number of anilines is 1. The molecular formula is C10H14N4O5. The van der Waals surface area contributed by atoms with E-state index in [4.69, 9.17) is 9.84 Å². The predicted octanol–water partition coefficient (Wildman–Crippen LogP) is -2.06. The van der Waals surface area contributed by atoms with Crippen LogP contribution in [0.4, 0.5) is 5.82 Å². The van der Waals surface area contributed by atoms with Crippen molar-refractivity contribution in [2.24, 2.45) is 4.99 Å². The van der Waals surface area contributed by atoms with E-state index in [1.54, 1.807) is 0 Å². The molecule has 3 heterocycles. The first-order valence-corrected chi connectivity index (χ1v) is 5.79. The number of aliphatic imine (C=N–C) groups is 1. The van der Waals surface area contributed by atoms with Crippen LogP contribution in [0.2, 0.25) is 0 Å². The number of aliphatic hydroxyl groups is 4. The van der Waals surface area contributed by atoms with E-state index in [1.807, 2.05) is 0 Å². The molecule has 9 nitrogen and oxygen atoms in total. The Morgan fingerprint density at radius 1 is 1.32 bits per heavy atom. The molecule has 2 aliphatic rings. The third-order valence-electron chi connectivity index (χ3n) is 3.27. The first-order valence-electron chi connectivity index (χ1n) is 5.79. The van der Waals surface area contributed by atoms with Gasteiger partial charge in [-0.2, -0.15) is 0 Å². The maximum Gasteiger partial charge on any atom is 0.193 e. The molecule has 1 fully saturated rings. The zero-order valence-corrected chi connectivity index (χ0v) is 9.79. The van der Waals surface area contributed by atoms with Crippen molar-refractivity contribution in [1.29, 1.82) is 0 Å². The fourth-order valence-electron chi connectivity index (χ4n) is 2.26. The van der Waals surface area contributed by atoms with Gasteiger partial charge in [0.15, 0.2) is 12.5 Å². The lowest BCUT2D eigenvalue weighted by atomic mass is 10.1. The van der Waals surface area contributed by atoms with E-state index < -0.39 is 37.4 Å². The van der Waals surface area contributed by atoms with E-state index >= 15 is 0 Å². The lowest BCUT2D eigenvalue weighted by molar-refractivity contribution is -0.0518. The van der Waals surface area contributed by atoms with E-state index in [1.165, 1.54) is 17.2 Å². The second-order valence-corrected chi connectivity index (χ2v) is 4.41. The Labute approximate surface area is 107 Å². The topological polar surface area (TPSA) is 132 Å². The van der Waals surface area contributed by atoms with E-state index in [0.29, 0.717) is 11.5 Å². The summed E-state index contributed by atoms with van der Waals surface area (Å²) in [6.45, 7) is -0.400. The summed E-state index contributed by atoms with van der Waals surface area (Å²) < 4.78 is 6.84. The molecule has 3 unspecified atom stereocenters. The van der Waals surface area contributed by atoms with E-state index in [0.717, 1.165) is 0 Å². The smallest absolute Gasteiger partial charge is 0.193 e. The number of imidazole rings is 1. The van der Waals surface area contributed by atoms with Crippen molar-refractivity contribution < 1.29 is 25.2 Å². The quantitative estimate of drug-likeness (QED) is 0.417. The summed E-state index contributed by atoms with van der Waals surface area (Å²) in [5.41, 5.74) is 0.306. The van der Waals surface area contributed by atoms with Crippen molar-refractivity contribution in [3.63, 3.8) is 0 Å². The van der Waals surface area contributed by atoms with Gasteiger partial charge < -0.3 is 30.5 Å². The van der Waals surface area contributed by atoms with Crippen LogP contribution in [0.15, 0.2) is 11.3 Å². The minimum absolute atomic E-state index is 0.306. The van der Waals surface area contributed by atoms with E-state index in [2.05, 4.69) is 15.3 Å². The van der Waals surface area contributed by atoms with Crippen LogP contribution in [-0.2, 0) is 4.74 Å². The second kappa shape index (κ2) is 4.54. The number of aromatic nitrogens is 2. The average molecular weight is 270 g/mol. The highest BCUT2D eigenvalue weighted by Crippen LogP contribution is 2.34. The molecular weight excluding hydrogens is 256 g/mol. The lowest BCUT2D eigenvalue weighted by Crippen LogP contribution is -2.33. The summed E-state index contributed by atoms with van der Waals surface area (Å²) in [7, 11) is 0. The molecule has 5 atom stereocenters. The number of ether oxygens (including phenoxy) is 1. The Bertz CT molecular complexity index is 504. The first-order chi connectivity index (χ1) is 9.13. The largest absolute Gasteiger partial charge is 0.394 e. The summed E-state index contributed by atoms with van der Waals surface area (Å²) >= 11 is 0. The average Bonchev–Trinajstić information content (AvgIpc) is 2.94. The maximum absolute atomic E-state index is 9.94. The van der Waals surface area contributed by atoms with E-state index in [-0.39, 0.29) is 0 Å². The predicted molar refractivity (Wildman–Crippen MR) is 62.3 cm³/mol. The third kappa shape index (κ3) is 1.83. The minimum Gasteiger partial charge on any atom is -0.394 e. The van der Waals surface area contributed by atoms with Crippen molar-refractivity contribution in [3.05, 3.63) is 12.0 Å². The van der Waals surface area contributed by atoms with Crippen LogP contribution >= 0.6 is 0 Å². The van der Waals surface area contributed by atoms with Crippen molar-refractivity contribution in [3.8, 4) is 0 Å². The molecule has 3 rings (SSSR count). The Morgan fingerprint density at radius 2 is 2.11 bits per heavy atom. The molecule has 0 amide bonds. The molecule has 1 aromatic rings. The number of hydrogen-bond donors (Lipinski definition) is 5. The van der Waals surface area contributed by atoms with Gasteiger partial charge in [-0.05, 0) is 0 Å². The Hall–Kier alpha value is -1.52.